The zero-order valence-corrected chi connectivity index (χ0v) is 10.4. The summed E-state index contributed by atoms with van der Waals surface area (Å²) in [4.78, 5) is 0. The Labute approximate surface area is 101 Å². The lowest BCUT2D eigenvalue weighted by Gasteiger charge is -2.10. The summed E-state index contributed by atoms with van der Waals surface area (Å²) in [6.45, 7) is 2.83. The van der Waals surface area contributed by atoms with E-state index in [1.807, 2.05) is 13.0 Å². The van der Waals surface area contributed by atoms with Crippen LogP contribution in [0.5, 0.6) is 5.75 Å². The van der Waals surface area contributed by atoms with Gasteiger partial charge in [-0.15, -0.1) is 6.58 Å². The molecule has 0 spiro atoms. The first-order valence-electron chi connectivity index (χ1n) is 4.40. The Bertz CT molecular complexity index is 352. The maximum atomic E-state index is 12.0. The van der Waals surface area contributed by atoms with Crippen LogP contribution in [0, 0.1) is 3.57 Å². The monoisotopic (exact) mass is 324 g/mol. The van der Waals surface area contributed by atoms with Crippen molar-refractivity contribution >= 4 is 22.6 Å². The number of halogens is 3. The lowest BCUT2D eigenvalue weighted by molar-refractivity contribution is -0.0499. The number of hydrogen-bond donors (Lipinski definition) is 0. The van der Waals surface area contributed by atoms with Crippen LogP contribution in [0.2, 0.25) is 0 Å². The lowest BCUT2D eigenvalue weighted by Crippen LogP contribution is -2.03. The highest BCUT2D eigenvalue weighted by molar-refractivity contribution is 14.1. The van der Waals surface area contributed by atoms with Gasteiger partial charge in [-0.3, -0.25) is 0 Å². The first-order valence-corrected chi connectivity index (χ1v) is 5.48. The molecule has 0 aliphatic rings. The molecule has 82 valence electrons. The second-order valence-electron chi connectivity index (χ2n) is 3.12. The van der Waals surface area contributed by atoms with Gasteiger partial charge in [-0.1, -0.05) is 13.0 Å². The van der Waals surface area contributed by atoms with Crippen molar-refractivity contribution in [2.24, 2.45) is 0 Å². The zero-order valence-electron chi connectivity index (χ0n) is 8.21. The molecule has 0 aromatic heterocycles. The van der Waals surface area contributed by atoms with E-state index in [-0.39, 0.29) is 11.7 Å². The van der Waals surface area contributed by atoms with Gasteiger partial charge in [-0.2, -0.15) is 8.78 Å². The van der Waals surface area contributed by atoms with Crippen molar-refractivity contribution < 1.29 is 13.5 Å². The molecular weight excluding hydrogens is 313 g/mol. The van der Waals surface area contributed by atoms with E-state index in [1.54, 1.807) is 18.2 Å². The van der Waals surface area contributed by atoms with Crippen LogP contribution in [0.3, 0.4) is 0 Å². The third kappa shape index (κ3) is 3.77. The van der Waals surface area contributed by atoms with Crippen LogP contribution in [-0.4, -0.2) is 6.61 Å². The molecule has 15 heavy (non-hydrogen) atoms. The average molecular weight is 324 g/mol. The van der Waals surface area contributed by atoms with Crippen molar-refractivity contribution in [2.45, 2.75) is 19.5 Å². The minimum atomic E-state index is -2.78. The summed E-state index contributed by atoms with van der Waals surface area (Å²) in [5.74, 6) is 0.320. The third-order valence-corrected chi connectivity index (χ3v) is 2.62. The van der Waals surface area contributed by atoms with Crippen molar-refractivity contribution in [1.29, 1.82) is 0 Å². The van der Waals surface area contributed by atoms with E-state index in [0.29, 0.717) is 0 Å². The lowest BCUT2D eigenvalue weighted by atomic mass is 10.0. The predicted octanol–water partition coefficient (Wildman–Crippen LogP) is 4.18. The Morgan fingerprint density at radius 2 is 2.07 bits per heavy atom. The standard InChI is InChI=1S/C11H11F2IO/c1-3-7(2)8-4-9(14)6-10(5-8)15-11(12)13/h3-7,11H,1H2,2H3. The van der Waals surface area contributed by atoms with E-state index in [1.165, 1.54) is 0 Å². The van der Waals surface area contributed by atoms with Crippen LogP contribution in [0.25, 0.3) is 0 Å². The number of ether oxygens (including phenoxy) is 1. The molecule has 0 aliphatic carbocycles. The first-order chi connectivity index (χ1) is 7.02. The fourth-order valence-corrected chi connectivity index (χ4v) is 1.82. The number of allylic oxidation sites excluding steroid dienone is 1. The van der Waals surface area contributed by atoms with Crippen LogP contribution in [0.1, 0.15) is 18.4 Å². The normalized spacial score (nSPS) is 12.6. The van der Waals surface area contributed by atoms with Gasteiger partial charge in [0.25, 0.3) is 0 Å². The molecule has 0 saturated carbocycles. The molecule has 0 aliphatic heterocycles. The van der Waals surface area contributed by atoms with Crippen molar-refractivity contribution in [3.63, 3.8) is 0 Å². The summed E-state index contributed by atoms with van der Waals surface area (Å²) >= 11 is 2.07. The zero-order chi connectivity index (χ0) is 11.4. The van der Waals surface area contributed by atoms with Gasteiger partial charge >= 0.3 is 6.61 Å². The Kier molecular flexibility index (Phi) is 4.50. The number of benzene rings is 1. The van der Waals surface area contributed by atoms with Crippen LogP contribution >= 0.6 is 22.6 Å². The molecule has 4 heteroatoms. The smallest absolute Gasteiger partial charge is 0.387 e. The van der Waals surface area contributed by atoms with Crippen molar-refractivity contribution in [1.82, 2.24) is 0 Å². The molecule has 1 aromatic rings. The molecule has 0 fully saturated rings. The molecule has 1 rings (SSSR count). The van der Waals surface area contributed by atoms with Gasteiger partial charge in [0.05, 0.1) is 0 Å². The summed E-state index contributed by atoms with van der Waals surface area (Å²) in [5.41, 5.74) is 0.924. The van der Waals surface area contributed by atoms with Gasteiger partial charge < -0.3 is 4.74 Å². The minimum absolute atomic E-state index is 0.125. The summed E-state index contributed by atoms with van der Waals surface area (Å²) in [5, 5.41) is 0. The van der Waals surface area contributed by atoms with Crippen molar-refractivity contribution in [2.75, 3.05) is 0 Å². The largest absolute Gasteiger partial charge is 0.435 e. The minimum Gasteiger partial charge on any atom is -0.435 e. The summed E-state index contributed by atoms with van der Waals surface area (Å²) in [7, 11) is 0. The van der Waals surface area contributed by atoms with Gasteiger partial charge in [-0.05, 0) is 52.3 Å². The predicted molar refractivity (Wildman–Crippen MR) is 64.4 cm³/mol. The quantitative estimate of drug-likeness (QED) is 0.596. The highest BCUT2D eigenvalue weighted by Crippen LogP contribution is 2.25. The fraction of sp³-hybridized carbons (Fsp3) is 0.273. The molecule has 0 radical (unpaired) electrons. The molecule has 0 N–H and O–H groups in total. The van der Waals surface area contributed by atoms with E-state index in [0.717, 1.165) is 9.13 Å². The second kappa shape index (κ2) is 5.44. The number of rotatable bonds is 4. The SMILES string of the molecule is C=CC(C)c1cc(I)cc(OC(F)F)c1. The molecule has 1 unspecified atom stereocenters. The van der Waals surface area contributed by atoms with E-state index >= 15 is 0 Å². The van der Waals surface area contributed by atoms with E-state index in [4.69, 9.17) is 0 Å². The van der Waals surface area contributed by atoms with Gasteiger partial charge in [0, 0.05) is 3.57 Å². The molecule has 0 saturated heterocycles. The Morgan fingerprint density at radius 1 is 1.40 bits per heavy atom. The molecular formula is C11H11F2IO. The first kappa shape index (κ1) is 12.4. The van der Waals surface area contributed by atoms with Crippen LogP contribution in [0.4, 0.5) is 8.78 Å². The third-order valence-electron chi connectivity index (χ3n) is 2.00. The Balaban J connectivity index is 2.99. The molecule has 1 atom stereocenters. The van der Waals surface area contributed by atoms with E-state index in [2.05, 4.69) is 33.9 Å². The maximum absolute atomic E-state index is 12.0. The summed E-state index contributed by atoms with van der Waals surface area (Å²) in [6.07, 6.45) is 1.76. The van der Waals surface area contributed by atoms with E-state index in [9.17, 15) is 8.78 Å². The van der Waals surface area contributed by atoms with Gasteiger partial charge in [-0.25, -0.2) is 0 Å². The van der Waals surface area contributed by atoms with Gasteiger partial charge in [0.15, 0.2) is 0 Å². The highest BCUT2D eigenvalue weighted by atomic mass is 127. The Morgan fingerprint density at radius 3 is 2.60 bits per heavy atom. The molecule has 1 nitrogen and oxygen atoms in total. The topological polar surface area (TPSA) is 9.23 Å². The van der Waals surface area contributed by atoms with Gasteiger partial charge in [0.2, 0.25) is 0 Å². The highest BCUT2D eigenvalue weighted by Gasteiger charge is 2.08. The van der Waals surface area contributed by atoms with Crippen LogP contribution < -0.4 is 4.74 Å². The van der Waals surface area contributed by atoms with Crippen molar-refractivity contribution in [3.8, 4) is 5.75 Å². The van der Waals surface area contributed by atoms with Crippen LogP contribution in [-0.2, 0) is 0 Å². The fourth-order valence-electron chi connectivity index (χ4n) is 1.15. The second-order valence-corrected chi connectivity index (χ2v) is 4.37. The average Bonchev–Trinajstić information content (AvgIpc) is 2.14. The van der Waals surface area contributed by atoms with Crippen molar-refractivity contribution in [3.05, 3.63) is 40.0 Å². The molecule has 0 amide bonds. The Hall–Kier alpha value is -0.650. The van der Waals surface area contributed by atoms with E-state index < -0.39 is 6.61 Å². The van der Waals surface area contributed by atoms with Gasteiger partial charge in [0.1, 0.15) is 5.75 Å². The number of alkyl halides is 2. The number of hydrogen-bond acceptors (Lipinski definition) is 1. The molecule has 1 aromatic carbocycles. The summed E-state index contributed by atoms with van der Waals surface area (Å²) < 4.78 is 29.3. The van der Waals surface area contributed by atoms with Crippen LogP contribution in [0.15, 0.2) is 30.9 Å². The molecule has 0 heterocycles. The molecule has 0 bridgehead atoms. The summed E-state index contributed by atoms with van der Waals surface area (Å²) in [6, 6.07) is 5.11. The maximum Gasteiger partial charge on any atom is 0.387 e.